The van der Waals surface area contributed by atoms with Crippen molar-refractivity contribution in [1.82, 2.24) is 25.0 Å². The molecule has 0 saturated carbocycles. The Balaban J connectivity index is 1.85. The van der Waals surface area contributed by atoms with Gasteiger partial charge in [-0.1, -0.05) is 52.8 Å². The number of aromatic nitrogens is 3. The van der Waals surface area contributed by atoms with Gasteiger partial charge in [0.2, 0.25) is 0 Å². The summed E-state index contributed by atoms with van der Waals surface area (Å²) >= 11 is 25.2. The Morgan fingerprint density at radius 3 is 2.48 bits per heavy atom. The largest absolute Gasteiger partial charge is 0.286 e. The van der Waals surface area contributed by atoms with E-state index in [9.17, 15) is 4.79 Å². The van der Waals surface area contributed by atoms with Gasteiger partial charge in [0.15, 0.2) is 11.5 Å². The Bertz CT molecular complexity index is 1140. The molecule has 0 atom stereocenters. The number of imidazole rings is 1. The predicted octanol–water partition coefficient (Wildman–Crippen LogP) is 5.99. The van der Waals surface area contributed by atoms with Crippen LogP contribution in [0.3, 0.4) is 0 Å². The second-order valence-corrected chi connectivity index (χ2v) is 8.88. The van der Waals surface area contributed by atoms with Gasteiger partial charge >= 0.3 is 0 Å². The van der Waals surface area contributed by atoms with Crippen LogP contribution >= 0.6 is 46.4 Å². The van der Waals surface area contributed by atoms with Gasteiger partial charge in [0.1, 0.15) is 10.8 Å². The number of piperidine rings is 1. The molecule has 0 unspecified atom stereocenters. The zero-order valence-corrected chi connectivity index (χ0v) is 19.7. The van der Waals surface area contributed by atoms with E-state index in [0.717, 1.165) is 32.4 Å². The molecule has 2 aromatic heterocycles. The fraction of sp³-hybridized carbons (Fsp3) is 0.286. The number of nitrogens with one attached hydrogen (secondary N) is 1. The fourth-order valence-corrected chi connectivity index (χ4v) is 4.43. The average molecular weight is 499 g/mol. The molecule has 1 aromatic carbocycles. The van der Waals surface area contributed by atoms with Crippen LogP contribution in [0.4, 0.5) is 0 Å². The number of carbonyl (C=O) groups excluding carboxylic acids is 1. The summed E-state index contributed by atoms with van der Waals surface area (Å²) in [5.74, 6) is 0.472. The van der Waals surface area contributed by atoms with Gasteiger partial charge in [-0.25, -0.2) is 15.0 Å². The van der Waals surface area contributed by atoms with Gasteiger partial charge < -0.3 is 0 Å². The molecule has 0 spiro atoms. The van der Waals surface area contributed by atoms with Crippen LogP contribution in [0.2, 0.25) is 20.1 Å². The minimum atomic E-state index is -0.303. The molecule has 10 heteroatoms. The van der Waals surface area contributed by atoms with Crippen LogP contribution in [0.15, 0.2) is 30.5 Å². The zero-order valence-electron chi connectivity index (χ0n) is 16.6. The molecule has 6 nitrogen and oxygen atoms in total. The summed E-state index contributed by atoms with van der Waals surface area (Å²) in [5.41, 5.74) is 4.36. The normalized spacial score (nSPS) is 14.6. The third-order valence-electron chi connectivity index (χ3n) is 5.15. The van der Waals surface area contributed by atoms with Crippen molar-refractivity contribution in [3.63, 3.8) is 0 Å². The first-order chi connectivity index (χ1) is 14.9. The summed E-state index contributed by atoms with van der Waals surface area (Å²) in [6.07, 6.45) is 4.80. The van der Waals surface area contributed by atoms with E-state index in [4.69, 9.17) is 46.4 Å². The lowest BCUT2D eigenvalue weighted by Gasteiger charge is -2.26. The maximum absolute atomic E-state index is 13.1. The molecule has 1 saturated heterocycles. The van der Waals surface area contributed by atoms with E-state index in [1.54, 1.807) is 42.0 Å². The molecular weight excluding hydrogens is 480 g/mol. The highest BCUT2D eigenvalue weighted by Crippen LogP contribution is 2.36. The maximum Gasteiger partial charge on any atom is 0.286 e. The number of hydrazine groups is 1. The summed E-state index contributed by atoms with van der Waals surface area (Å²) < 4.78 is 1.69. The Kier molecular flexibility index (Phi) is 6.74. The molecule has 3 aromatic rings. The summed E-state index contributed by atoms with van der Waals surface area (Å²) in [6, 6.07) is 6.66. The highest BCUT2D eigenvalue weighted by Gasteiger charge is 2.26. The number of hydrogen-bond donors (Lipinski definition) is 1. The summed E-state index contributed by atoms with van der Waals surface area (Å²) in [6.45, 7) is 3.40. The van der Waals surface area contributed by atoms with Gasteiger partial charge in [0, 0.05) is 29.9 Å². The van der Waals surface area contributed by atoms with Crippen LogP contribution in [0, 0.1) is 6.92 Å². The topological polar surface area (TPSA) is 63.1 Å². The lowest BCUT2D eigenvalue weighted by molar-refractivity contribution is 0.0744. The number of rotatable bonds is 4. The van der Waals surface area contributed by atoms with Crippen LogP contribution in [-0.2, 0) is 0 Å². The van der Waals surface area contributed by atoms with Crippen LogP contribution in [0.5, 0.6) is 0 Å². The number of carbonyl (C=O) groups is 1. The summed E-state index contributed by atoms with van der Waals surface area (Å²) in [7, 11) is 0. The Hall–Kier alpha value is -1.83. The van der Waals surface area contributed by atoms with Gasteiger partial charge in [0.25, 0.3) is 5.91 Å². The first-order valence-electron chi connectivity index (χ1n) is 9.78. The van der Waals surface area contributed by atoms with Crippen molar-refractivity contribution < 1.29 is 4.79 Å². The third kappa shape index (κ3) is 4.54. The van der Waals surface area contributed by atoms with Crippen molar-refractivity contribution in [3.05, 3.63) is 61.9 Å². The van der Waals surface area contributed by atoms with Crippen molar-refractivity contribution in [2.45, 2.75) is 26.2 Å². The van der Waals surface area contributed by atoms with E-state index in [0.29, 0.717) is 38.0 Å². The van der Waals surface area contributed by atoms with E-state index >= 15 is 0 Å². The first-order valence-corrected chi connectivity index (χ1v) is 11.3. The van der Waals surface area contributed by atoms with Crippen LogP contribution in [-0.4, -0.2) is 38.5 Å². The molecule has 1 N–H and O–H groups in total. The minimum Gasteiger partial charge on any atom is -0.283 e. The molecular formula is C21H19Cl4N5O. The van der Waals surface area contributed by atoms with Crippen LogP contribution in [0.25, 0.3) is 17.2 Å². The maximum atomic E-state index is 13.1. The summed E-state index contributed by atoms with van der Waals surface area (Å²) in [4.78, 5) is 22.1. The van der Waals surface area contributed by atoms with Crippen LogP contribution < -0.4 is 5.43 Å². The fourth-order valence-electron chi connectivity index (χ4n) is 3.60. The standard InChI is InChI=1S/C21H19Cl4N5O/c1-12-18(21(31)28-29-9-3-2-4-10-29)27-19(14-6-5-13(22)11-16(14)24)30(12)20-17(25)15(23)7-8-26-20/h5-8,11H,2-4,9-10H2,1H3,(H,28,31). The number of hydrogen-bond acceptors (Lipinski definition) is 4. The summed E-state index contributed by atoms with van der Waals surface area (Å²) in [5, 5.41) is 3.39. The number of pyridine rings is 1. The van der Waals surface area contributed by atoms with Crippen molar-refractivity contribution in [3.8, 4) is 17.2 Å². The molecule has 1 amide bonds. The van der Waals surface area contributed by atoms with Gasteiger partial charge in [0.05, 0.1) is 15.7 Å². The van der Waals surface area contributed by atoms with E-state index < -0.39 is 0 Å². The number of halogens is 4. The molecule has 4 rings (SSSR count). The van der Waals surface area contributed by atoms with E-state index in [1.165, 1.54) is 0 Å². The Morgan fingerprint density at radius 1 is 1.03 bits per heavy atom. The number of benzene rings is 1. The lowest BCUT2D eigenvalue weighted by atomic mass is 10.2. The molecule has 3 heterocycles. The zero-order chi connectivity index (χ0) is 22.1. The Morgan fingerprint density at radius 2 is 1.77 bits per heavy atom. The molecule has 0 bridgehead atoms. The van der Waals surface area contributed by atoms with Crippen molar-refractivity contribution in [1.29, 1.82) is 0 Å². The van der Waals surface area contributed by atoms with Gasteiger partial charge in [-0.2, -0.15) is 0 Å². The number of amides is 1. The third-order valence-corrected chi connectivity index (χ3v) is 6.48. The van der Waals surface area contributed by atoms with Gasteiger partial charge in [-0.05, 0) is 44.0 Å². The smallest absolute Gasteiger partial charge is 0.283 e. The van der Waals surface area contributed by atoms with Crippen molar-refractivity contribution in [2.75, 3.05) is 13.1 Å². The highest BCUT2D eigenvalue weighted by atomic mass is 35.5. The second-order valence-electron chi connectivity index (χ2n) is 7.25. The Labute approximate surface area is 200 Å². The van der Waals surface area contributed by atoms with E-state index in [-0.39, 0.29) is 16.6 Å². The first kappa shape index (κ1) is 22.4. The predicted molar refractivity (Wildman–Crippen MR) is 124 cm³/mol. The van der Waals surface area contributed by atoms with Crippen molar-refractivity contribution >= 4 is 52.3 Å². The molecule has 162 valence electrons. The SMILES string of the molecule is Cc1c(C(=O)NN2CCCCC2)nc(-c2ccc(Cl)cc2Cl)n1-c1nccc(Cl)c1Cl. The molecule has 31 heavy (non-hydrogen) atoms. The number of nitrogens with zero attached hydrogens (tertiary/aromatic N) is 4. The average Bonchev–Trinajstić information content (AvgIpc) is 3.08. The molecule has 0 radical (unpaired) electrons. The van der Waals surface area contributed by atoms with E-state index in [1.807, 2.05) is 5.01 Å². The monoisotopic (exact) mass is 497 g/mol. The molecule has 0 aliphatic carbocycles. The quantitative estimate of drug-likeness (QED) is 0.480. The van der Waals surface area contributed by atoms with Crippen molar-refractivity contribution in [2.24, 2.45) is 0 Å². The van der Waals surface area contributed by atoms with E-state index in [2.05, 4.69) is 15.4 Å². The van der Waals surface area contributed by atoms with Gasteiger partial charge in [-0.15, -0.1) is 0 Å². The highest BCUT2D eigenvalue weighted by molar-refractivity contribution is 6.43. The second kappa shape index (κ2) is 9.35. The van der Waals surface area contributed by atoms with Crippen LogP contribution in [0.1, 0.15) is 35.4 Å². The van der Waals surface area contributed by atoms with Gasteiger partial charge in [-0.3, -0.25) is 14.8 Å². The molecule has 1 aliphatic rings. The molecule has 1 aliphatic heterocycles. The molecule has 1 fully saturated rings. The lowest BCUT2D eigenvalue weighted by Crippen LogP contribution is -2.45. The minimum absolute atomic E-state index is 0.249.